The number of amides is 1. The van der Waals surface area contributed by atoms with E-state index in [9.17, 15) is 4.79 Å². The molecule has 1 saturated carbocycles. The predicted octanol–water partition coefficient (Wildman–Crippen LogP) is 3.62. The molecule has 0 atom stereocenters. The van der Waals surface area contributed by atoms with Crippen molar-refractivity contribution in [3.05, 3.63) is 29.1 Å². The maximum absolute atomic E-state index is 11.8. The van der Waals surface area contributed by atoms with Gasteiger partial charge in [0.1, 0.15) is 5.60 Å². The van der Waals surface area contributed by atoms with Crippen molar-refractivity contribution < 1.29 is 9.53 Å². The molecular formula is C19H31N3O2. The van der Waals surface area contributed by atoms with Crippen LogP contribution < -0.4 is 10.6 Å². The minimum atomic E-state index is -0.443. The minimum Gasteiger partial charge on any atom is -0.444 e. The lowest BCUT2D eigenvalue weighted by Crippen LogP contribution is -2.43. The van der Waals surface area contributed by atoms with Gasteiger partial charge in [-0.1, -0.05) is 6.07 Å². The first-order valence-electron chi connectivity index (χ1n) is 8.88. The molecule has 24 heavy (non-hydrogen) atoms. The van der Waals surface area contributed by atoms with Crippen LogP contribution in [0.5, 0.6) is 0 Å². The van der Waals surface area contributed by atoms with E-state index in [4.69, 9.17) is 4.74 Å². The first kappa shape index (κ1) is 18.7. The third-order valence-electron chi connectivity index (χ3n) is 4.33. The van der Waals surface area contributed by atoms with Crippen LogP contribution in [0.3, 0.4) is 0 Å². The molecular weight excluding hydrogens is 302 g/mol. The van der Waals surface area contributed by atoms with Crippen LogP contribution in [0.1, 0.15) is 63.3 Å². The number of carbonyl (C=O) groups excluding carboxylic acids is 1. The Morgan fingerprint density at radius 1 is 1.21 bits per heavy atom. The molecule has 1 aromatic heterocycles. The van der Waals surface area contributed by atoms with Crippen molar-refractivity contribution in [2.24, 2.45) is 0 Å². The molecule has 2 N–H and O–H groups in total. The summed E-state index contributed by atoms with van der Waals surface area (Å²) in [7, 11) is 0. The van der Waals surface area contributed by atoms with E-state index in [-0.39, 0.29) is 12.1 Å². The first-order chi connectivity index (χ1) is 11.2. The number of hydrogen-bond donors (Lipinski definition) is 2. The van der Waals surface area contributed by atoms with Crippen LogP contribution in [0, 0.1) is 13.8 Å². The smallest absolute Gasteiger partial charge is 0.407 e. The molecule has 1 heterocycles. The molecule has 2 rings (SSSR count). The third-order valence-corrected chi connectivity index (χ3v) is 4.33. The zero-order valence-electron chi connectivity index (χ0n) is 15.6. The van der Waals surface area contributed by atoms with Crippen LogP contribution in [-0.4, -0.2) is 28.8 Å². The van der Waals surface area contributed by atoms with Gasteiger partial charge >= 0.3 is 6.09 Å². The second-order valence-corrected chi connectivity index (χ2v) is 7.85. The molecule has 0 radical (unpaired) electrons. The molecule has 1 amide bonds. The third kappa shape index (κ3) is 6.11. The molecule has 0 aliphatic heterocycles. The number of alkyl carbamates (subject to hydrolysis) is 1. The molecule has 1 aliphatic rings. The van der Waals surface area contributed by atoms with Crippen LogP contribution in [0.4, 0.5) is 4.79 Å². The maximum atomic E-state index is 11.8. The van der Waals surface area contributed by atoms with E-state index < -0.39 is 5.60 Å². The van der Waals surface area contributed by atoms with Crippen LogP contribution in [0.25, 0.3) is 0 Å². The summed E-state index contributed by atoms with van der Waals surface area (Å²) in [6, 6.07) is 2.88. The molecule has 5 nitrogen and oxygen atoms in total. The van der Waals surface area contributed by atoms with E-state index in [2.05, 4.69) is 35.5 Å². The van der Waals surface area contributed by atoms with Gasteiger partial charge in [0.05, 0.1) is 5.69 Å². The SMILES string of the molecule is Cc1cnc(CN[C@H]2CC[C@H](NC(=O)OC(C)(C)C)CC2)c(C)c1. The molecule has 0 saturated heterocycles. The highest BCUT2D eigenvalue weighted by molar-refractivity contribution is 5.68. The highest BCUT2D eigenvalue weighted by atomic mass is 16.6. The van der Waals surface area contributed by atoms with Crippen molar-refractivity contribution in [1.29, 1.82) is 0 Å². The highest BCUT2D eigenvalue weighted by Gasteiger charge is 2.24. The monoisotopic (exact) mass is 333 g/mol. The molecule has 134 valence electrons. The van der Waals surface area contributed by atoms with Gasteiger partial charge in [0.15, 0.2) is 0 Å². The number of aryl methyl sites for hydroxylation is 2. The standard InChI is InChI=1S/C19H31N3O2/c1-13-10-14(2)17(21-11-13)12-20-15-6-8-16(9-7-15)22-18(23)24-19(3,4)5/h10-11,15-16,20H,6-9,12H2,1-5H3,(H,22,23)/t15-,16-. The summed E-state index contributed by atoms with van der Waals surface area (Å²) in [5, 5.41) is 6.59. The number of hydrogen-bond acceptors (Lipinski definition) is 4. The fourth-order valence-electron chi connectivity index (χ4n) is 3.09. The van der Waals surface area contributed by atoms with Gasteiger partial charge in [-0.05, 0) is 71.4 Å². The van der Waals surface area contributed by atoms with Gasteiger partial charge in [-0.3, -0.25) is 4.98 Å². The van der Waals surface area contributed by atoms with Gasteiger partial charge in [-0.25, -0.2) is 4.79 Å². The zero-order valence-corrected chi connectivity index (χ0v) is 15.6. The summed E-state index contributed by atoms with van der Waals surface area (Å²) in [6.07, 6.45) is 5.70. The van der Waals surface area contributed by atoms with E-state index in [0.29, 0.717) is 6.04 Å². The molecule has 5 heteroatoms. The molecule has 1 aromatic rings. The number of nitrogens with one attached hydrogen (secondary N) is 2. The minimum absolute atomic E-state index is 0.220. The van der Waals surface area contributed by atoms with Gasteiger partial charge in [0.25, 0.3) is 0 Å². The topological polar surface area (TPSA) is 63.2 Å². The summed E-state index contributed by atoms with van der Waals surface area (Å²) in [5.41, 5.74) is 3.12. The second kappa shape index (κ2) is 7.97. The Balaban J connectivity index is 1.72. The number of pyridine rings is 1. The van der Waals surface area contributed by atoms with Crippen molar-refractivity contribution in [2.75, 3.05) is 0 Å². The largest absolute Gasteiger partial charge is 0.444 e. The normalized spacial score (nSPS) is 21.4. The first-order valence-corrected chi connectivity index (χ1v) is 8.88. The van der Waals surface area contributed by atoms with Gasteiger partial charge < -0.3 is 15.4 Å². The number of ether oxygens (including phenoxy) is 1. The summed E-state index contributed by atoms with van der Waals surface area (Å²) in [5.74, 6) is 0. The highest BCUT2D eigenvalue weighted by Crippen LogP contribution is 2.20. The Morgan fingerprint density at radius 3 is 2.42 bits per heavy atom. The van der Waals surface area contributed by atoms with Crippen LogP contribution in [-0.2, 0) is 11.3 Å². The van der Waals surface area contributed by atoms with Crippen LogP contribution in [0.2, 0.25) is 0 Å². The van der Waals surface area contributed by atoms with E-state index in [1.807, 2.05) is 27.0 Å². The molecule has 0 unspecified atom stereocenters. The summed E-state index contributed by atoms with van der Waals surface area (Å²) in [6.45, 7) is 10.6. The molecule has 0 spiro atoms. The molecule has 0 aromatic carbocycles. The second-order valence-electron chi connectivity index (χ2n) is 7.85. The quantitative estimate of drug-likeness (QED) is 0.883. The molecule has 1 aliphatic carbocycles. The van der Waals surface area contributed by atoms with E-state index in [1.165, 1.54) is 11.1 Å². The lowest BCUT2D eigenvalue weighted by atomic mass is 9.91. The van der Waals surface area contributed by atoms with Crippen LogP contribution in [0.15, 0.2) is 12.3 Å². The summed E-state index contributed by atoms with van der Waals surface area (Å²) >= 11 is 0. The Hall–Kier alpha value is -1.62. The van der Waals surface area contributed by atoms with Crippen molar-refractivity contribution in [3.8, 4) is 0 Å². The average Bonchev–Trinajstić information content (AvgIpc) is 2.46. The lowest BCUT2D eigenvalue weighted by molar-refractivity contribution is 0.0489. The van der Waals surface area contributed by atoms with Crippen molar-refractivity contribution in [3.63, 3.8) is 0 Å². The van der Waals surface area contributed by atoms with Gasteiger partial charge in [-0.2, -0.15) is 0 Å². The van der Waals surface area contributed by atoms with Gasteiger partial charge in [-0.15, -0.1) is 0 Å². The average molecular weight is 333 g/mol. The van der Waals surface area contributed by atoms with Crippen molar-refractivity contribution >= 4 is 6.09 Å². The lowest BCUT2D eigenvalue weighted by Gasteiger charge is -2.30. The van der Waals surface area contributed by atoms with E-state index in [1.54, 1.807) is 0 Å². The molecule has 0 bridgehead atoms. The fourth-order valence-corrected chi connectivity index (χ4v) is 3.09. The van der Waals surface area contributed by atoms with E-state index in [0.717, 1.165) is 37.9 Å². The van der Waals surface area contributed by atoms with Gasteiger partial charge in [0, 0.05) is 24.8 Å². The zero-order chi connectivity index (χ0) is 17.7. The Morgan fingerprint density at radius 2 is 1.83 bits per heavy atom. The summed E-state index contributed by atoms with van der Waals surface area (Å²) < 4.78 is 5.32. The Labute approximate surface area is 145 Å². The molecule has 1 fully saturated rings. The van der Waals surface area contributed by atoms with Crippen molar-refractivity contribution in [2.45, 2.75) is 84.5 Å². The number of nitrogens with zero attached hydrogens (tertiary/aromatic N) is 1. The Bertz CT molecular complexity index is 558. The van der Waals surface area contributed by atoms with Crippen molar-refractivity contribution in [1.82, 2.24) is 15.6 Å². The van der Waals surface area contributed by atoms with E-state index >= 15 is 0 Å². The van der Waals surface area contributed by atoms with Gasteiger partial charge in [0.2, 0.25) is 0 Å². The summed E-state index contributed by atoms with van der Waals surface area (Å²) in [4.78, 5) is 16.3. The number of aromatic nitrogens is 1. The number of rotatable bonds is 4. The predicted molar refractivity (Wildman–Crippen MR) is 96.0 cm³/mol. The fraction of sp³-hybridized carbons (Fsp3) is 0.684. The van der Waals surface area contributed by atoms with Crippen LogP contribution >= 0.6 is 0 Å². The maximum Gasteiger partial charge on any atom is 0.407 e. The number of carbonyl (C=O) groups is 1. The Kier molecular flexibility index (Phi) is 6.21.